The summed E-state index contributed by atoms with van der Waals surface area (Å²) in [4.78, 5) is 13.0. The monoisotopic (exact) mass is 480 g/mol. The van der Waals surface area contributed by atoms with Crippen molar-refractivity contribution in [3.8, 4) is 0 Å². The van der Waals surface area contributed by atoms with Crippen LogP contribution in [0.2, 0.25) is 0 Å². The van der Waals surface area contributed by atoms with Gasteiger partial charge >= 0.3 is 0 Å². The van der Waals surface area contributed by atoms with E-state index in [1.165, 1.54) is 0 Å². The minimum Gasteiger partial charge on any atom is -0.352 e. The molecule has 176 valence electrons. The third-order valence-electron chi connectivity index (χ3n) is 6.63. The Morgan fingerprint density at radius 2 is 1.23 bits per heavy atom. The Kier molecular flexibility index (Phi) is 6.94. The Bertz CT molecular complexity index is 1250. The normalized spacial score (nSPS) is 17.9. The number of amides is 1. The Morgan fingerprint density at radius 1 is 0.743 bits per heavy atom. The number of hydrogen-bond donors (Lipinski definition) is 2. The van der Waals surface area contributed by atoms with Crippen LogP contribution >= 0.6 is 7.29 Å². The van der Waals surface area contributed by atoms with E-state index < -0.39 is 7.29 Å². The van der Waals surface area contributed by atoms with Crippen LogP contribution in [0.1, 0.15) is 23.6 Å². The Hall–Kier alpha value is -3.46. The summed E-state index contributed by atoms with van der Waals surface area (Å²) in [6, 6.07) is 39.0. The molecule has 1 amide bonds. The van der Waals surface area contributed by atoms with Crippen LogP contribution in [0.15, 0.2) is 121 Å². The zero-order chi connectivity index (χ0) is 24.1. The van der Waals surface area contributed by atoms with Gasteiger partial charge in [-0.3, -0.25) is 14.4 Å². The second-order valence-electron chi connectivity index (χ2n) is 9.01. The molecule has 4 aromatic rings. The maximum Gasteiger partial charge on any atom is 0.223 e. The van der Waals surface area contributed by atoms with Crippen LogP contribution in [0, 0.1) is 11.8 Å². The predicted molar refractivity (Wildman–Crippen MR) is 142 cm³/mol. The van der Waals surface area contributed by atoms with Gasteiger partial charge in [0.05, 0.1) is 0 Å². The van der Waals surface area contributed by atoms with Crippen molar-refractivity contribution in [3.05, 3.63) is 132 Å². The average Bonchev–Trinajstić information content (AvgIpc) is 3.73. The summed E-state index contributed by atoms with van der Waals surface area (Å²) in [5.74, 6) is 0.00109. The highest BCUT2D eigenvalue weighted by Crippen LogP contribution is 2.52. The van der Waals surface area contributed by atoms with Gasteiger partial charge in [0.15, 0.2) is 0 Å². The SMILES string of the molecule is O=C(NCc1ccccc1)[C@@H]1C[C@@H]1[C@@H](NP(=O)(c1ccccc1)c1ccccc1)c1ccccc1. The molecule has 5 heteroatoms. The van der Waals surface area contributed by atoms with Crippen LogP contribution in [0.25, 0.3) is 0 Å². The Balaban J connectivity index is 1.42. The number of carbonyl (C=O) groups excluding carboxylic acids is 1. The van der Waals surface area contributed by atoms with Gasteiger partial charge in [0.2, 0.25) is 13.2 Å². The van der Waals surface area contributed by atoms with Crippen molar-refractivity contribution in [2.45, 2.75) is 19.0 Å². The molecule has 0 aliphatic heterocycles. The van der Waals surface area contributed by atoms with Crippen molar-refractivity contribution in [1.82, 2.24) is 10.4 Å². The van der Waals surface area contributed by atoms with E-state index in [1.54, 1.807) is 0 Å². The molecule has 2 N–H and O–H groups in total. The summed E-state index contributed by atoms with van der Waals surface area (Å²) in [7, 11) is -3.16. The summed E-state index contributed by atoms with van der Waals surface area (Å²) < 4.78 is 14.7. The fraction of sp³-hybridized carbons (Fsp3) is 0.167. The lowest BCUT2D eigenvalue weighted by Crippen LogP contribution is -2.33. The second kappa shape index (κ2) is 10.4. The van der Waals surface area contributed by atoms with Crippen molar-refractivity contribution < 1.29 is 9.36 Å². The van der Waals surface area contributed by atoms with Gasteiger partial charge in [0.1, 0.15) is 0 Å². The first-order chi connectivity index (χ1) is 17.1. The number of hydrogen-bond acceptors (Lipinski definition) is 2. The van der Waals surface area contributed by atoms with Crippen LogP contribution in [0.3, 0.4) is 0 Å². The molecule has 0 saturated heterocycles. The zero-order valence-corrected chi connectivity index (χ0v) is 20.4. The van der Waals surface area contributed by atoms with E-state index in [0.29, 0.717) is 6.54 Å². The third-order valence-corrected chi connectivity index (χ3v) is 9.33. The highest BCUT2D eigenvalue weighted by molar-refractivity contribution is 7.76. The number of carbonyl (C=O) groups is 1. The smallest absolute Gasteiger partial charge is 0.223 e. The fourth-order valence-corrected chi connectivity index (χ4v) is 7.16. The maximum absolute atomic E-state index is 14.7. The van der Waals surface area contributed by atoms with E-state index in [9.17, 15) is 9.36 Å². The highest BCUT2D eigenvalue weighted by atomic mass is 31.2. The highest BCUT2D eigenvalue weighted by Gasteiger charge is 2.49. The molecular weight excluding hydrogens is 451 g/mol. The summed E-state index contributed by atoms with van der Waals surface area (Å²) in [6.45, 7) is 0.513. The van der Waals surface area contributed by atoms with Gasteiger partial charge in [0.25, 0.3) is 0 Å². The Morgan fingerprint density at radius 3 is 1.77 bits per heavy atom. The molecule has 1 aliphatic carbocycles. The van der Waals surface area contributed by atoms with Crippen LogP contribution in [0.5, 0.6) is 0 Å². The lowest BCUT2D eigenvalue weighted by atomic mass is 10.0. The van der Waals surface area contributed by atoms with Crippen LogP contribution in [-0.4, -0.2) is 5.91 Å². The largest absolute Gasteiger partial charge is 0.352 e. The Labute approximate surface area is 206 Å². The van der Waals surface area contributed by atoms with Gasteiger partial charge in [-0.25, -0.2) is 0 Å². The molecule has 4 nitrogen and oxygen atoms in total. The maximum atomic E-state index is 14.7. The number of nitrogens with one attached hydrogen (secondary N) is 2. The molecule has 5 rings (SSSR count). The molecule has 35 heavy (non-hydrogen) atoms. The van der Waals surface area contributed by atoms with Gasteiger partial charge in [-0.2, -0.15) is 0 Å². The van der Waals surface area contributed by atoms with Gasteiger partial charge in [-0.15, -0.1) is 0 Å². The minimum atomic E-state index is -3.16. The summed E-state index contributed by atoms with van der Waals surface area (Å²) >= 11 is 0. The zero-order valence-electron chi connectivity index (χ0n) is 19.5. The first-order valence-electron chi connectivity index (χ1n) is 12.0. The van der Waals surface area contributed by atoms with Crippen LogP contribution in [-0.2, 0) is 15.9 Å². The summed E-state index contributed by atoms with van der Waals surface area (Å²) in [6.07, 6.45) is 0.761. The third kappa shape index (κ3) is 5.30. The molecule has 1 aliphatic rings. The topological polar surface area (TPSA) is 58.2 Å². The summed E-state index contributed by atoms with van der Waals surface area (Å²) in [5, 5.41) is 8.19. The molecule has 1 saturated carbocycles. The molecule has 4 aromatic carbocycles. The number of benzene rings is 4. The van der Waals surface area contributed by atoms with Crippen molar-refractivity contribution in [2.24, 2.45) is 11.8 Å². The first kappa shape index (κ1) is 23.3. The van der Waals surface area contributed by atoms with Gasteiger partial charge in [0, 0.05) is 29.1 Å². The van der Waals surface area contributed by atoms with E-state index in [4.69, 9.17) is 0 Å². The molecule has 3 atom stereocenters. The van der Waals surface area contributed by atoms with Crippen molar-refractivity contribution in [3.63, 3.8) is 0 Å². The van der Waals surface area contributed by atoms with Crippen molar-refractivity contribution in [1.29, 1.82) is 0 Å². The van der Waals surface area contributed by atoms with Gasteiger partial charge < -0.3 is 5.32 Å². The molecule has 0 radical (unpaired) electrons. The number of rotatable bonds is 9. The van der Waals surface area contributed by atoms with E-state index in [2.05, 4.69) is 22.5 Å². The van der Waals surface area contributed by atoms with E-state index in [0.717, 1.165) is 28.2 Å². The molecule has 0 bridgehead atoms. The fourth-order valence-electron chi connectivity index (χ4n) is 4.65. The second-order valence-corrected chi connectivity index (χ2v) is 11.5. The van der Waals surface area contributed by atoms with Crippen LogP contribution < -0.4 is 21.0 Å². The molecular formula is C30H29N2O2P. The van der Waals surface area contributed by atoms with Crippen LogP contribution in [0.4, 0.5) is 0 Å². The standard InChI is InChI=1S/C30H29N2O2P/c33-30(31-22-23-13-5-1-6-14-23)28-21-27(28)29(24-15-7-2-8-16-24)32-35(34,25-17-9-3-10-18-25)26-19-11-4-12-20-26/h1-20,27-29H,21-22H2,(H,31,33)(H,32,34)/t27-,28+,29-/m0/s1. The predicted octanol–water partition coefficient (Wildman–Crippen LogP) is 5.20. The summed E-state index contributed by atoms with van der Waals surface area (Å²) in [5.41, 5.74) is 2.12. The molecule has 1 fully saturated rings. The van der Waals surface area contributed by atoms with E-state index in [-0.39, 0.29) is 23.8 Å². The first-order valence-corrected chi connectivity index (χ1v) is 13.7. The van der Waals surface area contributed by atoms with E-state index in [1.807, 2.05) is 109 Å². The lowest BCUT2D eigenvalue weighted by molar-refractivity contribution is -0.122. The molecule has 0 heterocycles. The lowest BCUT2D eigenvalue weighted by Gasteiger charge is -2.28. The van der Waals surface area contributed by atoms with Gasteiger partial charge in [-0.05, 0) is 47.7 Å². The molecule has 0 spiro atoms. The molecule has 0 unspecified atom stereocenters. The van der Waals surface area contributed by atoms with E-state index >= 15 is 0 Å². The average molecular weight is 481 g/mol. The quantitative estimate of drug-likeness (QED) is 0.324. The minimum absolute atomic E-state index is 0.0517. The van der Waals surface area contributed by atoms with Crippen molar-refractivity contribution >= 4 is 23.8 Å². The van der Waals surface area contributed by atoms with Crippen molar-refractivity contribution in [2.75, 3.05) is 0 Å². The molecule has 0 aromatic heterocycles. The van der Waals surface area contributed by atoms with Gasteiger partial charge in [-0.1, -0.05) is 97.1 Å².